The Morgan fingerprint density at radius 2 is 2.14 bits per heavy atom. The minimum Gasteiger partial charge on any atom is -0.385 e. The molecule has 2 rings (SSSR count). The van der Waals surface area contributed by atoms with Crippen molar-refractivity contribution >= 4 is 10.0 Å². The van der Waals surface area contributed by atoms with E-state index in [9.17, 15) is 12.8 Å². The SMILES string of the molecule is COCCCNS(=O)(=O)c1cc(CNC2CC2)ccc1F. The highest BCUT2D eigenvalue weighted by Crippen LogP contribution is 2.21. The van der Waals surface area contributed by atoms with Crippen LogP contribution in [-0.2, 0) is 21.3 Å². The summed E-state index contributed by atoms with van der Waals surface area (Å²) in [6, 6.07) is 4.72. The molecule has 21 heavy (non-hydrogen) atoms. The number of methoxy groups -OCH3 is 1. The largest absolute Gasteiger partial charge is 0.385 e. The highest BCUT2D eigenvalue weighted by Gasteiger charge is 2.22. The van der Waals surface area contributed by atoms with Gasteiger partial charge >= 0.3 is 0 Å². The van der Waals surface area contributed by atoms with Crippen LogP contribution in [0.4, 0.5) is 4.39 Å². The number of hydrogen-bond acceptors (Lipinski definition) is 4. The van der Waals surface area contributed by atoms with E-state index in [1.165, 1.54) is 12.1 Å². The maximum absolute atomic E-state index is 13.8. The molecule has 7 heteroatoms. The molecular weight excluding hydrogens is 295 g/mol. The minimum absolute atomic E-state index is 0.222. The lowest BCUT2D eigenvalue weighted by atomic mass is 10.2. The second-order valence-corrected chi connectivity index (χ2v) is 6.90. The fraction of sp³-hybridized carbons (Fsp3) is 0.571. The van der Waals surface area contributed by atoms with Crippen LogP contribution in [0.25, 0.3) is 0 Å². The van der Waals surface area contributed by atoms with E-state index in [2.05, 4.69) is 10.0 Å². The van der Waals surface area contributed by atoms with E-state index in [-0.39, 0.29) is 11.4 Å². The van der Waals surface area contributed by atoms with Gasteiger partial charge in [-0.05, 0) is 37.0 Å². The molecule has 1 fully saturated rings. The van der Waals surface area contributed by atoms with Crippen molar-refractivity contribution in [2.75, 3.05) is 20.3 Å². The van der Waals surface area contributed by atoms with Gasteiger partial charge in [-0.1, -0.05) is 6.07 Å². The molecule has 0 aliphatic heterocycles. The van der Waals surface area contributed by atoms with E-state index in [4.69, 9.17) is 4.74 Å². The predicted molar refractivity (Wildman–Crippen MR) is 77.9 cm³/mol. The zero-order valence-corrected chi connectivity index (χ0v) is 12.9. The number of benzene rings is 1. The Bertz CT molecular complexity index is 574. The molecule has 1 aromatic carbocycles. The first kappa shape index (κ1) is 16.4. The number of rotatable bonds is 9. The molecule has 0 atom stereocenters. The van der Waals surface area contributed by atoms with Gasteiger partial charge in [-0.2, -0.15) is 0 Å². The molecule has 0 radical (unpaired) electrons. The zero-order valence-electron chi connectivity index (χ0n) is 12.1. The molecule has 1 aliphatic rings. The molecule has 118 valence electrons. The molecule has 0 unspecified atom stereocenters. The number of ether oxygens (including phenoxy) is 1. The summed E-state index contributed by atoms with van der Waals surface area (Å²) in [4.78, 5) is -0.296. The average molecular weight is 316 g/mol. The third-order valence-corrected chi connectivity index (χ3v) is 4.75. The summed E-state index contributed by atoms with van der Waals surface area (Å²) >= 11 is 0. The van der Waals surface area contributed by atoms with Crippen molar-refractivity contribution in [3.63, 3.8) is 0 Å². The smallest absolute Gasteiger partial charge is 0.243 e. The van der Waals surface area contributed by atoms with Crippen molar-refractivity contribution in [2.45, 2.75) is 36.7 Å². The van der Waals surface area contributed by atoms with Crippen LogP contribution < -0.4 is 10.0 Å². The zero-order chi connectivity index (χ0) is 15.3. The van der Waals surface area contributed by atoms with Crippen LogP contribution in [0.1, 0.15) is 24.8 Å². The van der Waals surface area contributed by atoms with Crippen LogP contribution in [0.2, 0.25) is 0 Å². The Labute approximate surface area is 124 Å². The van der Waals surface area contributed by atoms with Crippen molar-refractivity contribution in [1.82, 2.24) is 10.0 Å². The Morgan fingerprint density at radius 3 is 2.81 bits per heavy atom. The first-order valence-corrected chi connectivity index (χ1v) is 8.51. The third-order valence-electron chi connectivity index (χ3n) is 3.27. The van der Waals surface area contributed by atoms with Crippen LogP contribution in [0.5, 0.6) is 0 Å². The molecule has 0 amide bonds. The van der Waals surface area contributed by atoms with E-state index in [0.717, 1.165) is 18.4 Å². The third kappa shape index (κ3) is 5.03. The topological polar surface area (TPSA) is 67.4 Å². The summed E-state index contributed by atoms with van der Waals surface area (Å²) in [6.07, 6.45) is 2.83. The van der Waals surface area contributed by atoms with Gasteiger partial charge in [0.2, 0.25) is 10.0 Å². The molecule has 1 aliphatic carbocycles. The first-order valence-electron chi connectivity index (χ1n) is 7.03. The van der Waals surface area contributed by atoms with Gasteiger partial charge in [-0.25, -0.2) is 17.5 Å². The Kier molecular flexibility index (Phi) is 5.69. The van der Waals surface area contributed by atoms with Gasteiger partial charge in [-0.15, -0.1) is 0 Å². The van der Waals surface area contributed by atoms with Crippen LogP contribution >= 0.6 is 0 Å². The molecule has 0 saturated heterocycles. The molecule has 5 nitrogen and oxygen atoms in total. The van der Waals surface area contributed by atoms with Crippen LogP contribution in [0.3, 0.4) is 0 Å². The van der Waals surface area contributed by atoms with Gasteiger partial charge in [0, 0.05) is 32.8 Å². The van der Waals surface area contributed by atoms with Crippen LogP contribution in [-0.4, -0.2) is 34.7 Å². The van der Waals surface area contributed by atoms with Crippen LogP contribution in [0, 0.1) is 5.82 Å². The minimum atomic E-state index is -3.83. The van der Waals surface area contributed by atoms with Gasteiger partial charge in [0.25, 0.3) is 0 Å². The molecular formula is C14H21FN2O3S. The second-order valence-electron chi connectivity index (χ2n) is 5.16. The number of sulfonamides is 1. The number of hydrogen-bond donors (Lipinski definition) is 2. The van der Waals surface area contributed by atoms with Gasteiger partial charge in [0.15, 0.2) is 0 Å². The van der Waals surface area contributed by atoms with Crippen molar-refractivity contribution in [3.8, 4) is 0 Å². The Hall–Kier alpha value is -1.02. The molecule has 0 aromatic heterocycles. The Balaban J connectivity index is 2.03. The molecule has 0 heterocycles. The molecule has 1 aromatic rings. The predicted octanol–water partition coefficient (Wildman–Crippen LogP) is 1.39. The van der Waals surface area contributed by atoms with E-state index >= 15 is 0 Å². The quantitative estimate of drug-likeness (QED) is 0.676. The van der Waals surface area contributed by atoms with Crippen molar-refractivity contribution in [1.29, 1.82) is 0 Å². The average Bonchev–Trinajstić information content (AvgIpc) is 3.27. The summed E-state index contributed by atoms with van der Waals surface area (Å²) in [7, 11) is -2.28. The van der Waals surface area contributed by atoms with E-state index in [1.807, 2.05) is 0 Å². The summed E-state index contributed by atoms with van der Waals surface area (Å²) in [5, 5.41) is 3.28. The lowest BCUT2D eigenvalue weighted by molar-refractivity contribution is 0.196. The molecule has 0 spiro atoms. The van der Waals surface area contributed by atoms with Gasteiger partial charge in [0.05, 0.1) is 0 Å². The highest BCUT2D eigenvalue weighted by molar-refractivity contribution is 7.89. The van der Waals surface area contributed by atoms with E-state index < -0.39 is 15.8 Å². The highest BCUT2D eigenvalue weighted by atomic mass is 32.2. The summed E-state index contributed by atoms with van der Waals surface area (Å²) in [5.74, 6) is -0.732. The fourth-order valence-electron chi connectivity index (χ4n) is 1.91. The maximum atomic E-state index is 13.8. The second kappa shape index (κ2) is 7.31. The lowest BCUT2D eigenvalue weighted by Gasteiger charge is -2.10. The summed E-state index contributed by atoms with van der Waals surface area (Å²) in [5.41, 5.74) is 0.764. The molecule has 2 N–H and O–H groups in total. The van der Waals surface area contributed by atoms with E-state index in [0.29, 0.717) is 25.6 Å². The van der Waals surface area contributed by atoms with E-state index in [1.54, 1.807) is 13.2 Å². The maximum Gasteiger partial charge on any atom is 0.243 e. The fourth-order valence-corrected chi connectivity index (χ4v) is 3.11. The number of nitrogens with one attached hydrogen (secondary N) is 2. The normalized spacial score (nSPS) is 15.3. The van der Waals surface area contributed by atoms with Crippen molar-refractivity contribution in [2.24, 2.45) is 0 Å². The van der Waals surface area contributed by atoms with Gasteiger partial charge < -0.3 is 10.1 Å². The van der Waals surface area contributed by atoms with Gasteiger partial charge in [-0.3, -0.25) is 0 Å². The molecule has 1 saturated carbocycles. The summed E-state index contributed by atoms with van der Waals surface area (Å²) in [6.45, 7) is 1.23. The monoisotopic (exact) mass is 316 g/mol. The standard InChI is InChI=1S/C14H21FN2O3S/c1-20-8-2-7-17-21(18,19)14-9-11(3-6-13(14)15)10-16-12-4-5-12/h3,6,9,12,16-17H,2,4-5,7-8,10H2,1H3. The lowest BCUT2D eigenvalue weighted by Crippen LogP contribution is -2.26. The van der Waals surface area contributed by atoms with Crippen LogP contribution in [0.15, 0.2) is 23.1 Å². The first-order chi connectivity index (χ1) is 10.0. The summed E-state index contributed by atoms with van der Waals surface area (Å²) < 4.78 is 45.2. The van der Waals surface area contributed by atoms with Gasteiger partial charge in [0.1, 0.15) is 10.7 Å². The van der Waals surface area contributed by atoms with Crippen molar-refractivity contribution in [3.05, 3.63) is 29.6 Å². The molecule has 0 bridgehead atoms. The number of halogens is 1. The Morgan fingerprint density at radius 1 is 1.38 bits per heavy atom. The van der Waals surface area contributed by atoms with Crippen molar-refractivity contribution < 1.29 is 17.5 Å².